The molecule has 6 aromatic rings. The Bertz CT molecular complexity index is 1820. The van der Waals surface area contributed by atoms with E-state index in [0.29, 0.717) is 56.1 Å². The summed E-state index contributed by atoms with van der Waals surface area (Å²) in [6, 6.07) is 12.8. The van der Waals surface area contributed by atoms with Crippen LogP contribution in [0.1, 0.15) is 13.8 Å². The van der Waals surface area contributed by atoms with Crippen molar-refractivity contribution < 1.29 is 13.6 Å². The highest BCUT2D eigenvalue weighted by Gasteiger charge is 2.21. The van der Waals surface area contributed by atoms with Gasteiger partial charge in [-0.15, -0.1) is 0 Å². The molecule has 0 aliphatic heterocycles. The molecule has 0 bridgehead atoms. The Kier molecular flexibility index (Phi) is 5.64. The van der Waals surface area contributed by atoms with Crippen LogP contribution in [0.15, 0.2) is 67.1 Å². The molecule has 4 aromatic heterocycles. The number of carbonyl (C=O) groups is 1. The number of amides is 1. The number of nitrogens with zero attached hydrogens (tertiary/aromatic N) is 4. The Balaban J connectivity index is 1.45. The number of hydrogen-bond acceptors (Lipinski definition) is 5. The lowest BCUT2D eigenvalue weighted by Gasteiger charge is -2.10. The highest BCUT2D eigenvalue weighted by molar-refractivity contribution is 5.98. The molecule has 0 saturated heterocycles. The van der Waals surface area contributed by atoms with E-state index < -0.39 is 5.82 Å². The third kappa shape index (κ3) is 4.05. The van der Waals surface area contributed by atoms with E-state index in [1.54, 1.807) is 56.4 Å². The molecule has 0 spiro atoms. The van der Waals surface area contributed by atoms with Gasteiger partial charge in [-0.1, -0.05) is 13.8 Å². The molecule has 6 rings (SSSR count). The molecule has 0 atom stereocenters. The number of hydrogen-bond donors (Lipinski definition) is 3. The van der Waals surface area contributed by atoms with Gasteiger partial charge in [0.25, 0.3) is 0 Å². The van der Waals surface area contributed by atoms with Crippen LogP contribution in [0.5, 0.6) is 0 Å². The Morgan fingerprint density at radius 3 is 2.55 bits per heavy atom. The third-order valence-corrected chi connectivity index (χ3v) is 6.25. The van der Waals surface area contributed by atoms with Gasteiger partial charge in [0.1, 0.15) is 22.8 Å². The quantitative estimate of drug-likeness (QED) is 0.260. The highest BCUT2D eigenvalue weighted by atomic mass is 19.1. The number of fused-ring (bicyclic) bond motifs is 2. The number of aromatic amines is 2. The maximum absolute atomic E-state index is 16.0. The smallest absolute Gasteiger partial charge is 0.226 e. The first kappa shape index (κ1) is 23.4. The molecular weight excluding hydrogens is 488 g/mol. The standard InChI is InChI=1S/C28H21F2N7O/c1-14(2)28(38)33-18-11-16(12-31-13-18)19-7-8-20-22(23(19)30)26(37-36-20)27-34-21-9-10-32-24(25(21)35-27)15-3-5-17(29)6-4-15/h3-14H,1-2H3,(H,33,38)(H,34,35)(H,36,37). The van der Waals surface area contributed by atoms with Gasteiger partial charge in [0.2, 0.25) is 5.91 Å². The van der Waals surface area contributed by atoms with Gasteiger partial charge in [-0.05, 0) is 48.5 Å². The highest BCUT2D eigenvalue weighted by Crippen LogP contribution is 2.35. The molecule has 3 N–H and O–H groups in total. The van der Waals surface area contributed by atoms with Crippen LogP contribution in [0.2, 0.25) is 0 Å². The summed E-state index contributed by atoms with van der Waals surface area (Å²) < 4.78 is 29.5. The van der Waals surface area contributed by atoms with E-state index in [0.717, 1.165) is 0 Å². The maximum Gasteiger partial charge on any atom is 0.226 e. The number of pyridine rings is 2. The predicted molar refractivity (Wildman–Crippen MR) is 141 cm³/mol. The third-order valence-electron chi connectivity index (χ3n) is 6.25. The Labute approximate surface area is 215 Å². The fourth-order valence-electron chi connectivity index (χ4n) is 4.28. The molecule has 2 aromatic carbocycles. The lowest BCUT2D eigenvalue weighted by Crippen LogP contribution is -2.17. The van der Waals surface area contributed by atoms with Gasteiger partial charge in [-0.25, -0.2) is 13.8 Å². The molecule has 0 fully saturated rings. The van der Waals surface area contributed by atoms with Gasteiger partial charge in [0.15, 0.2) is 5.82 Å². The summed E-state index contributed by atoms with van der Waals surface area (Å²) in [6.45, 7) is 3.58. The van der Waals surface area contributed by atoms with Crippen LogP contribution in [0, 0.1) is 17.6 Å². The van der Waals surface area contributed by atoms with Crippen LogP contribution < -0.4 is 5.32 Å². The van der Waals surface area contributed by atoms with Gasteiger partial charge in [-0.3, -0.25) is 19.9 Å². The second-order valence-electron chi connectivity index (χ2n) is 9.18. The number of imidazole rings is 1. The minimum Gasteiger partial charge on any atom is -0.336 e. The number of H-pyrrole nitrogens is 2. The predicted octanol–water partition coefficient (Wildman–Crippen LogP) is 6.10. The van der Waals surface area contributed by atoms with Crippen molar-refractivity contribution in [3.63, 3.8) is 0 Å². The van der Waals surface area contributed by atoms with Crippen molar-refractivity contribution in [2.24, 2.45) is 5.92 Å². The fourth-order valence-corrected chi connectivity index (χ4v) is 4.28. The molecule has 0 radical (unpaired) electrons. The monoisotopic (exact) mass is 509 g/mol. The Morgan fingerprint density at radius 1 is 0.947 bits per heavy atom. The molecule has 8 nitrogen and oxygen atoms in total. The van der Waals surface area contributed by atoms with E-state index in [1.807, 2.05) is 0 Å². The molecule has 0 aliphatic rings. The van der Waals surface area contributed by atoms with Gasteiger partial charge < -0.3 is 10.3 Å². The lowest BCUT2D eigenvalue weighted by atomic mass is 10.0. The van der Waals surface area contributed by atoms with Crippen molar-refractivity contribution in [3.8, 4) is 33.9 Å². The van der Waals surface area contributed by atoms with Crippen LogP contribution in [-0.2, 0) is 4.79 Å². The topological polar surface area (TPSA) is 112 Å². The van der Waals surface area contributed by atoms with Crippen LogP contribution in [0.4, 0.5) is 14.5 Å². The van der Waals surface area contributed by atoms with E-state index in [2.05, 4.69) is 30.5 Å². The van der Waals surface area contributed by atoms with E-state index in [9.17, 15) is 9.18 Å². The number of rotatable bonds is 5. The second-order valence-corrected chi connectivity index (χ2v) is 9.18. The molecule has 1 amide bonds. The molecular formula is C28H21F2N7O. The molecule has 4 heterocycles. The van der Waals surface area contributed by atoms with Crippen molar-refractivity contribution in [1.82, 2.24) is 30.1 Å². The number of benzene rings is 2. The normalized spacial score (nSPS) is 11.5. The van der Waals surface area contributed by atoms with Crippen LogP contribution >= 0.6 is 0 Å². The van der Waals surface area contributed by atoms with Crippen molar-refractivity contribution in [1.29, 1.82) is 0 Å². The molecule has 0 unspecified atom stereocenters. The zero-order chi connectivity index (χ0) is 26.4. The van der Waals surface area contributed by atoms with E-state index in [-0.39, 0.29) is 23.0 Å². The number of aromatic nitrogens is 6. The first-order valence-electron chi connectivity index (χ1n) is 11.9. The molecule has 38 heavy (non-hydrogen) atoms. The number of anilines is 1. The Hall–Kier alpha value is -4.99. The van der Waals surface area contributed by atoms with Crippen molar-refractivity contribution >= 4 is 33.5 Å². The van der Waals surface area contributed by atoms with Gasteiger partial charge in [0, 0.05) is 35.0 Å². The van der Waals surface area contributed by atoms with E-state index >= 15 is 4.39 Å². The summed E-state index contributed by atoms with van der Waals surface area (Å²) in [4.78, 5) is 28.6. The average molecular weight is 510 g/mol. The van der Waals surface area contributed by atoms with Crippen molar-refractivity contribution in [2.45, 2.75) is 13.8 Å². The number of carbonyl (C=O) groups excluding carboxylic acids is 1. The van der Waals surface area contributed by atoms with Crippen LogP contribution in [0.25, 0.3) is 55.8 Å². The summed E-state index contributed by atoms with van der Waals surface area (Å²) in [7, 11) is 0. The fraction of sp³-hybridized carbons (Fsp3) is 0.107. The average Bonchev–Trinajstić information content (AvgIpc) is 3.54. The minimum atomic E-state index is -0.502. The summed E-state index contributed by atoms with van der Waals surface area (Å²) in [5.41, 5.74) is 4.59. The van der Waals surface area contributed by atoms with Crippen LogP contribution in [0.3, 0.4) is 0 Å². The minimum absolute atomic E-state index is 0.156. The largest absolute Gasteiger partial charge is 0.336 e. The van der Waals surface area contributed by atoms with Crippen molar-refractivity contribution in [2.75, 3.05) is 5.32 Å². The second kappa shape index (κ2) is 9.15. The zero-order valence-electron chi connectivity index (χ0n) is 20.4. The molecule has 0 saturated carbocycles. The summed E-state index contributed by atoms with van der Waals surface area (Å²) in [6.07, 6.45) is 4.68. The number of nitrogens with one attached hydrogen (secondary N) is 3. The van der Waals surface area contributed by atoms with Gasteiger partial charge >= 0.3 is 0 Å². The van der Waals surface area contributed by atoms with Crippen molar-refractivity contribution in [3.05, 3.63) is 78.8 Å². The molecule has 0 aliphatic carbocycles. The van der Waals surface area contributed by atoms with Gasteiger partial charge in [-0.2, -0.15) is 5.10 Å². The van der Waals surface area contributed by atoms with E-state index in [4.69, 9.17) is 4.98 Å². The molecule has 188 valence electrons. The van der Waals surface area contributed by atoms with E-state index in [1.165, 1.54) is 24.5 Å². The van der Waals surface area contributed by atoms with Gasteiger partial charge in [0.05, 0.1) is 34.0 Å². The maximum atomic E-state index is 16.0. The zero-order valence-corrected chi connectivity index (χ0v) is 20.4. The summed E-state index contributed by atoms with van der Waals surface area (Å²) in [5.74, 6) is -0.854. The Morgan fingerprint density at radius 2 is 1.76 bits per heavy atom. The lowest BCUT2D eigenvalue weighted by molar-refractivity contribution is -0.118. The SMILES string of the molecule is CC(C)C(=O)Nc1cncc(-c2ccc3[nH]nc(-c4nc5c(-c6ccc(F)cc6)nccc5[nH]4)c3c2F)c1. The first-order chi connectivity index (χ1) is 18.4. The summed E-state index contributed by atoms with van der Waals surface area (Å²) in [5, 5.41) is 10.3. The van der Waals surface area contributed by atoms with Crippen LogP contribution in [-0.4, -0.2) is 36.0 Å². The number of halogens is 2. The molecule has 10 heteroatoms. The summed E-state index contributed by atoms with van der Waals surface area (Å²) >= 11 is 0. The first-order valence-corrected chi connectivity index (χ1v) is 11.9.